The second kappa shape index (κ2) is 9.38. The molecule has 0 saturated heterocycles. The number of nitrogens with one attached hydrogen (secondary N) is 2. The van der Waals surface area contributed by atoms with Gasteiger partial charge in [0.2, 0.25) is 5.91 Å². The largest absolute Gasteiger partial charge is 0.449 e. The van der Waals surface area contributed by atoms with Gasteiger partial charge in [-0.05, 0) is 36.4 Å². The molecule has 9 heteroatoms. The molecule has 2 N–H and O–H groups in total. The molecule has 142 valence electrons. The summed E-state index contributed by atoms with van der Waals surface area (Å²) in [6.45, 7) is 0. The third kappa shape index (κ3) is 5.71. The van der Waals surface area contributed by atoms with Gasteiger partial charge < -0.3 is 9.73 Å². The molecule has 3 rings (SSSR count). The highest BCUT2D eigenvalue weighted by atomic mass is 32.2. The molecule has 8 nitrogen and oxygen atoms in total. The molecule has 0 fully saturated rings. The maximum absolute atomic E-state index is 11.9. The number of carbonyl (C=O) groups is 1. The van der Waals surface area contributed by atoms with E-state index in [0.29, 0.717) is 16.5 Å². The minimum absolute atomic E-state index is 0.0125. The lowest BCUT2D eigenvalue weighted by Gasteiger charge is -2.03. The Morgan fingerprint density at radius 1 is 1.07 bits per heavy atom. The molecular weight excluding hydrogens is 380 g/mol. The van der Waals surface area contributed by atoms with Gasteiger partial charge in [0.25, 0.3) is 5.69 Å². The quantitative estimate of drug-likeness (QED) is 0.253. The number of anilines is 2. The Balaban J connectivity index is 1.46. The number of hydrogen-bond acceptors (Lipinski definition) is 7. The zero-order chi connectivity index (χ0) is 19.8. The zero-order valence-electron chi connectivity index (χ0n) is 14.6. The summed E-state index contributed by atoms with van der Waals surface area (Å²) in [5, 5.41) is 18.0. The first-order chi connectivity index (χ1) is 13.6. The number of hydrogen-bond donors (Lipinski definition) is 2. The number of hydrazone groups is 1. The van der Waals surface area contributed by atoms with Crippen molar-refractivity contribution in [2.75, 3.05) is 16.5 Å². The van der Waals surface area contributed by atoms with Crippen molar-refractivity contribution in [2.45, 2.75) is 5.09 Å². The van der Waals surface area contributed by atoms with Crippen LogP contribution in [0.4, 0.5) is 17.1 Å². The number of furan rings is 1. The first kappa shape index (κ1) is 19.2. The molecule has 28 heavy (non-hydrogen) atoms. The number of benzene rings is 2. The minimum Gasteiger partial charge on any atom is -0.449 e. The number of amides is 1. The van der Waals surface area contributed by atoms with Gasteiger partial charge >= 0.3 is 0 Å². The van der Waals surface area contributed by atoms with Crippen LogP contribution in [0.15, 0.2) is 81.3 Å². The van der Waals surface area contributed by atoms with Crippen molar-refractivity contribution in [3.63, 3.8) is 0 Å². The van der Waals surface area contributed by atoms with Crippen LogP contribution in [0.2, 0.25) is 0 Å². The van der Waals surface area contributed by atoms with Crippen LogP contribution < -0.4 is 10.7 Å². The summed E-state index contributed by atoms with van der Waals surface area (Å²) >= 11 is 1.28. The molecule has 1 aromatic heterocycles. The summed E-state index contributed by atoms with van der Waals surface area (Å²) in [7, 11) is 0. The van der Waals surface area contributed by atoms with E-state index in [4.69, 9.17) is 4.42 Å². The van der Waals surface area contributed by atoms with Crippen molar-refractivity contribution in [1.82, 2.24) is 0 Å². The van der Waals surface area contributed by atoms with E-state index in [1.165, 1.54) is 30.1 Å². The number of para-hydroxylation sites is 1. The van der Waals surface area contributed by atoms with E-state index in [1.54, 1.807) is 24.3 Å². The topological polar surface area (TPSA) is 110 Å². The molecular formula is C19H16N4O4S. The molecule has 0 atom stereocenters. The fourth-order valence-electron chi connectivity index (χ4n) is 2.16. The van der Waals surface area contributed by atoms with Gasteiger partial charge in [-0.15, -0.1) is 0 Å². The predicted octanol–water partition coefficient (Wildman–Crippen LogP) is 4.36. The predicted molar refractivity (Wildman–Crippen MR) is 109 cm³/mol. The molecule has 1 amide bonds. The van der Waals surface area contributed by atoms with Gasteiger partial charge in [-0.1, -0.05) is 30.0 Å². The molecule has 0 spiro atoms. The van der Waals surface area contributed by atoms with Gasteiger partial charge in [-0.25, -0.2) is 0 Å². The number of non-ortho nitro benzene ring substituents is 1. The highest BCUT2D eigenvalue weighted by molar-refractivity contribution is 7.99. The van der Waals surface area contributed by atoms with E-state index in [9.17, 15) is 14.9 Å². The van der Waals surface area contributed by atoms with Crippen molar-refractivity contribution in [3.8, 4) is 0 Å². The van der Waals surface area contributed by atoms with Crippen molar-refractivity contribution in [3.05, 3.63) is 82.6 Å². The molecule has 1 heterocycles. The number of carbonyl (C=O) groups excluding carboxylic acids is 1. The lowest BCUT2D eigenvalue weighted by Crippen LogP contribution is -2.13. The van der Waals surface area contributed by atoms with Crippen LogP contribution >= 0.6 is 11.8 Å². The van der Waals surface area contributed by atoms with Crippen molar-refractivity contribution < 1.29 is 14.1 Å². The summed E-state index contributed by atoms with van der Waals surface area (Å²) < 4.78 is 5.58. The lowest BCUT2D eigenvalue weighted by molar-refractivity contribution is -0.384. The van der Waals surface area contributed by atoms with Crippen LogP contribution in [-0.2, 0) is 4.79 Å². The third-order valence-corrected chi connectivity index (χ3v) is 4.38. The second-order valence-corrected chi connectivity index (χ2v) is 6.51. The molecule has 2 aromatic carbocycles. The van der Waals surface area contributed by atoms with E-state index < -0.39 is 4.92 Å². The Bertz CT molecular complexity index is 971. The fraction of sp³-hybridized carbons (Fsp3) is 0.0526. The van der Waals surface area contributed by atoms with E-state index in [-0.39, 0.29) is 17.3 Å². The molecule has 0 aliphatic heterocycles. The number of nitro benzene ring substituents is 1. The highest BCUT2D eigenvalue weighted by Gasteiger charge is 2.07. The van der Waals surface area contributed by atoms with Crippen LogP contribution in [0.5, 0.6) is 0 Å². The SMILES string of the molecule is O=C(CSc1ccc(C=NNc2ccc([N+](=O)[O-])cc2)o1)Nc1ccccc1. The van der Waals surface area contributed by atoms with E-state index in [2.05, 4.69) is 15.8 Å². The summed E-state index contributed by atoms with van der Waals surface area (Å²) in [6, 6.07) is 18.6. The first-order valence-corrected chi connectivity index (χ1v) is 9.20. The second-order valence-electron chi connectivity index (χ2n) is 5.53. The molecule has 0 bridgehead atoms. The van der Waals surface area contributed by atoms with Gasteiger partial charge in [0.1, 0.15) is 5.76 Å². The number of rotatable bonds is 8. The van der Waals surface area contributed by atoms with Gasteiger partial charge in [0, 0.05) is 17.8 Å². The summed E-state index contributed by atoms with van der Waals surface area (Å²) in [5.74, 6) is 0.614. The Kier molecular flexibility index (Phi) is 6.42. The average Bonchev–Trinajstić information content (AvgIpc) is 3.15. The highest BCUT2D eigenvalue weighted by Crippen LogP contribution is 2.21. The monoisotopic (exact) mass is 396 g/mol. The van der Waals surface area contributed by atoms with Crippen LogP contribution in [0.1, 0.15) is 5.76 Å². The van der Waals surface area contributed by atoms with Gasteiger partial charge in [0.15, 0.2) is 5.09 Å². The Hall–Kier alpha value is -3.59. The van der Waals surface area contributed by atoms with Gasteiger partial charge in [-0.2, -0.15) is 5.10 Å². The van der Waals surface area contributed by atoms with Crippen LogP contribution in [0, 0.1) is 10.1 Å². The average molecular weight is 396 g/mol. The van der Waals surface area contributed by atoms with Crippen LogP contribution in [0.3, 0.4) is 0 Å². The molecule has 0 saturated carbocycles. The summed E-state index contributed by atoms with van der Waals surface area (Å²) in [6.07, 6.45) is 1.48. The van der Waals surface area contributed by atoms with Gasteiger partial charge in [-0.3, -0.25) is 20.3 Å². The molecule has 0 aliphatic rings. The number of nitro groups is 1. The smallest absolute Gasteiger partial charge is 0.269 e. The lowest BCUT2D eigenvalue weighted by atomic mass is 10.3. The van der Waals surface area contributed by atoms with E-state index in [0.717, 1.165) is 5.69 Å². The van der Waals surface area contributed by atoms with E-state index >= 15 is 0 Å². The molecule has 0 aliphatic carbocycles. The summed E-state index contributed by atoms with van der Waals surface area (Å²) in [4.78, 5) is 22.1. The third-order valence-electron chi connectivity index (χ3n) is 3.47. The van der Waals surface area contributed by atoms with Crippen molar-refractivity contribution in [1.29, 1.82) is 0 Å². The standard InChI is InChI=1S/C19H16N4O4S/c24-18(21-14-4-2-1-3-5-14)13-28-19-11-10-17(27-19)12-20-22-15-6-8-16(9-7-15)23(25)26/h1-12,22H,13H2,(H,21,24). The molecule has 3 aromatic rings. The minimum atomic E-state index is -0.463. The normalized spacial score (nSPS) is 10.7. The zero-order valence-corrected chi connectivity index (χ0v) is 15.4. The van der Waals surface area contributed by atoms with Crippen molar-refractivity contribution >= 4 is 40.9 Å². The Morgan fingerprint density at radius 2 is 1.82 bits per heavy atom. The maximum Gasteiger partial charge on any atom is 0.269 e. The fourth-order valence-corrected chi connectivity index (χ4v) is 2.83. The summed E-state index contributed by atoms with van der Waals surface area (Å²) in [5.41, 5.74) is 4.13. The maximum atomic E-state index is 11.9. The van der Waals surface area contributed by atoms with E-state index in [1.807, 2.05) is 30.3 Å². The van der Waals surface area contributed by atoms with Gasteiger partial charge in [0.05, 0.1) is 22.6 Å². The first-order valence-electron chi connectivity index (χ1n) is 8.21. The number of nitrogens with zero attached hydrogens (tertiary/aromatic N) is 2. The van der Waals surface area contributed by atoms with Crippen molar-refractivity contribution in [2.24, 2.45) is 5.10 Å². The van der Waals surface area contributed by atoms with Crippen LogP contribution in [-0.4, -0.2) is 22.8 Å². The van der Waals surface area contributed by atoms with Crippen LogP contribution in [0.25, 0.3) is 0 Å². The number of thioether (sulfide) groups is 1. The molecule has 0 radical (unpaired) electrons. The Morgan fingerprint density at radius 3 is 2.54 bits per heavy atom. The Labute approximate surface area is 164 Å². The molecule has 0 unspecified atom stereocenters.